The van der Waals surface area contributed by atoms with Gasteiger partial charge in [-0.25, -0.2) is 9.59 Å². The highest BCUT2D eigenvalue weighted by Gasteiger charge is 2.21. The van der Waals surface area contributed by atoms with Crippen molar-refractivity contribution in [1.82, 2.24) is 0 Å². The van der Waals surface area contributed by atoms with Crippen molar-refractivity contribution in [3.05, 3.63) is 28.2 Å². The number of benzene rings is 1. The van der Waals surface area contributed by atoms with Crippen molar-refractivity contribution in [1.29, 1.82) is 0 Å². The van der Waals surface area contributed by atoms with Gasteiger partial charge >= 0.3 is 11.9 Å². The van der Waals surface area contributed by atoms with Crippen molar-refractivity contribution in [2.24, 2.45) is 5.18 Å². The van der Waals surface area contributed by atoms with Crippen LogP contribution in [0.3, 0.4) is 0 Å². The van der Waals surface area contributed by atoms with E-state index in [9.17, 15) is 19.6 Å². The monoisotopic (exact) mass is 267 g/mol. The molecule has 0 atom stereocenters. The van der Waals surface area contributed by atoms with Crippen LogP contribution in [0.1, 0.15) is 34.6 Å². The molecule has 0 saturated carbocycles. The summed E-state index contributed by atoms with van der Waals surface area (Å²) in [6, 6.07) is 1.95. The molecule has 0 spiro atoms. The van der Waals surface area contributed by atoms with E-state index in [4.69, 9.17) is 9.47 Å². The number of nitroso groups, excluding NO2 is 1. The molecule has 0 aliphatic heterocycles. The van der Waals surface area contributed by atoms with Gasteiger partial charge in [0, 0.05) is 0 Å². The zero-order valence-corrected chi connectivity index (χ0v) is 10.5. The second-order valence-corrected chi connectivity index (χ2v) is 3.42. The van der Waals surface area contributed by atoms with Gasteiger partial charge in [-0.2, -0.15) is 0 Å². The average molecular weight is 267 g/mol. The number of ether oxygens (including phenoxy) is 2. The molecule has 7 heteroatoms. The van der Waals surface area contributed by atoms with Crippen molar-refractivity contribution < 1.29 is 24.2 Å². The first-order chi connectivity index (χ1) is 9.04. The molecule has 0 amide bonds. The molecular weight excluding hydrogens is 254 g/mol. The van der Waals surface area contributed by atoms with Crippen LogP contribution in [-0.2, 0) is 9.47 Å². The summed E-state index contributed by atoms with van der Waals surface area (Å²) < 4.78 is 9.41. The SMILES string of the molecule is CCOC(=O)c1cc(N=O)c(C(=O)OCC)cc1O. The van der Waals surface area contributed by atoms with Gasteiger partial charge in [0.25, 0.3) is 0 Å². The Morgan fingerprint density at radius 2 is 1.63 bits per heavy atom. The third-order valence-corrected chi connectivity index (χ3v) is 2.20. The Kier molecular flexibility index (Phi) is 4.99. The number of nitrogens with zero attached hydrogens (tertiary/aromatic N) is 1. The van der Waals surface area contributed by atoms with Crippen LogP contribution in [-0.4, -0.2) is 30.3 Å². The van der Waals surface area contributed by atoms with Crippen molar-refractivity contribution in [3.63, 3.8) is 0 Å². The Labute approximate surface area is 109 Å². The lowest BCUT2D eigenvalue weighted by Gasteiger charge is -2.08. The molecule has 102 valence electrons. The Morgan fingerprint density at radius 3 is 2.11 bits per heavy atom. The molecule has 7 nitrogen and oxygen atoms in total. The number of aromatic hydroxyl groups is 1. The summed E-state index contributed by atoms with van der Waals surface area (Å²) in [5.41, 5.74) is -0.730. The summed E-state index contributed by atoms with van der Waals surface area (Å²) in [6.45, 7) is 3.42. The summed E-state index contributed by atoms with van der Waals surface area (Å²) in [5, 5.41) is 12.3. The third-order valence-electron chi connectivity index (χ3n) is 2.20. The maximum absolute atomic E-state index is 11.5. The molecule has 0 fully saturated rings. The van der Waals surface area contributed by atoms with Gasteiger partial charge in [-0.1, -0.05) is 0 Å². The summed E-state index contributed by atoms with van der Waals surface area (Å²) in [5.74, 6) is -2.09. The van der Waals surface area contributed by atoms with Crippen LogP contribution < -0.4 is 0 Å². The number of rotatable bonds is 5. The molecule has 1 rings (SSSR count). The highest BCUT2D eigenvalue weighted by molar-refractivity contribution is 6.00. The van der Waals surface area contributed by atoms with Gasteiger partial charge in [-0.15, -0.1) is 4.91 Å². The molecule has 19 heavy (non-hydrogen) atoms. The van der Waals surface area contributed by atoms with E-state index in [0.717, 1.165) is 12.1 Å². The molecule has 0 bridgehead atoms. The number of carbonyl (C=O) groups excluding carboxylic acids is 2. The van der Waals surface area contributed by atoms with E-state index < -0.39 is 17.7 Å². The van der Waals surface area contributed by atoms with E-state index in [0.29, 0.717) is 0 Å². The van der Waals surface area contributed by atoms with E-state index in [1.54, 1.807) is 13.8 Å². The van der Waals surface area contributed by atoms with Crippen molar-refractivity contribution in [2.45, 2.75) is 13.8 Å². The molecule has 0 unspecified atom stereocenters. The van der Waals surface area contributed by atoms with Gasteiger partial charge in [-0.3, -0.25) is 0 Å². The lowest BCUT2D eigenvalue weighted by Crippen LogP contribution is -2.08. The van der Waals surface area contributed by atoms with Crippen molar-refractivity contribution in [3.8, 4) is 5.75 Å². The van der Waals surface area contributed by atoms with Gasteiger partial charge in [0.2, 0.25) is 0 Å². The van der Waals surface area contributed by atoms with E-state index in [1.165, 1.54) is 0 Å². The number of phenolic OH excluding ortho intramolecular Hbond substituents is 1. The predicted octanol–water partition coefficient (Wildman–Crippen LogP) is 2.14. The van der Waals surface area contributed by atoms with Gasteiger partial charge < -0.3 is 14.6 Å². The Hall–Kier alpha value is -2.44. The number of hydrogen-bond acceptors (Lipinski definition) is 7. The first kappa shape index (κ1) is 14.6. The molecule has 0 aliphatic carbocycles. The van der Waals surface area contributed by atoms with Gasteiger partial charge in [-0.05, 0) is 31.2 Å². The first-order valence-electron chi connectivity index (χ1n) is 5.59. The van der Waals surface area contributed by atoms with Crippen LogP contribution >= 0.6 is 0 Å². The van der Waals surface area contributed by atoms with Crippen LogP contribution in [0.5, 0.6) is 5.75 Å². The fourth-order valence-electron chi connectivity index (χ4n) is 1.40. The van der Waals surface area contributed by atoms with Crippen LogP contribution in [0.25, 0.3) is 0 Å². The van der Waals surface area contributed by atoms with Crippen LogP contribution in [0.15, 0.2) is 17.3 Å². The molecule has 0 heterocycles. The second-order valence-electron chi connectivity index (χ2n) is 3.42. The zero-order chi connectivity index (χ0) is 14.4. The highest BCUT2D eigenvalue weighted by Crippen LogP contribution is 2.29. The minimum Gasteiger partial charge on any atom is -0.507 e. The van der Waals surface area contributed by atoms with Crippen LogP contribution in [0.2, 0.25) is 0 Å². The minimum absolute atomic E-state index is 0.109. The third kappa shape index (κ3) is 3.27. The molecular formula is C12H13NO6. The standard InChI is InChI=1S/C12H13NO6/c1-3-18-11(15)7-6-10(14)8(5-9(7)13-17)12(16)19-4-2/h5-6,14H,3-4H2,1-2H3. The number of phenols is 1. The molecule has 0 radical (unpaired) electrons. The fourth-order valence-corrected chi connectivity index (χ4v) is 1.40. The molecule has 1 aromatic rings. The molecule has 1 aromatic carbocycles. The van der Waals surface area contributed by atoms with E-state index in [-0.39, 0.29) is 30.0 Å². The van der Waals surface area contributed by atoms with Gasteiger partial charge in [0.15, 0.2) is 0 Å². The smallest absolute Gasteiger partial charge is 0.341 e. The van der Waals surface area contributed by atoms with Gasteiger partial charge in [0.05, 0.1) is 18.8 Å². The lowest BCUT2D eigenvalue weighted by molar-refractivity contribution is 0.0509. The summed E-state index contributed by atoms with van der Waals surface area (Å²) in [6.07, 6.45) is 0. The van der Waals surface area contributed by atoms with E-state index in [1.807, 2.05) is 0 Å². The Balaban J connectivity index is 3.25. The molecule has 0 aromatic heterocycles. The number of esters is 2. The topological polar surface area (TPSA) is 102 Å². The summed E-state index contributed by atoms with van der Waals surface area (Å²) >= 11 is 0. The van der Waals surface area contributed by atoms with E-state index in [2.05, 4.69) is 5.18 Å². The molecule has 0 saturated heterocycles. The second kappa shape index (κ2) is 6.48. The molecule has 0 aliphatic rings. The zero-order valence-electron chi connectivity index (χ0n) is 10.5. The first-order valence-corrected chi connectivity index (χ1v) is 5.59. The average Bonchev–Trinajstić information content (AvgIpc) is 2.38. The summed E-state index contributed by atoms with van der Waals surface area (Å²) in [4.78, 5) is 33.7. The highest BCUT2D eigenvalue weighted by atomic mass is 16.5. The van der Waals surface area contributed by atoms with Gasteiger partial charge in [0.1, 0.15) is 17.0 Å². The number of hydrogen-bond donors (Lipinski definition) is 1. The van der Waals surface area contributed by atoms with Crippen molar-refractivity contribution in [2.75, 3.05) is 13.2 Å². The van der Waals surface area contributed by atoms with Crippen LogP contribution in [0, 0.1) is 4.91 Å². The quantitative estimate of drug-likeness (QED) is 0.647. The maximum Gasteiger partial charge on any atom is 0.341 e. The van der Waals surface area contributed by atoms with E-state index >= 15 is 0 Å². The maximum atomic E-state index is 11.5. The molecule has 1 N–H and O–H groups in total. The Bertz CT molecular complexity index is 511. The normalized spacial score (nSPS) is 9.79. The van der Waals surface area contributed by atoms with Crippen molar-refractivity contribution >= 4 is 17.6 Å². The summed E-state index contributed by atoms with van der Waals surface area (Å²) in [7, 11) is 0. The fraction of sp³-hybridized carbons (Fsp3) is 0.333. The largest absolute Gasteiger partial charge is 0.507 e. The predicted molar refractivity (Wildman–Crippen MR) is 65.5 cm³/mol. The lowest BCUT2D eigenvalue weighted by atomic mass is 10.1. The Morgan fingerprint density at radius 1 is 1.11 bits per heavy atom. The van der Waals surface area contributed by atoms with Crippen LogP contribution in [0.4, 0.5) is 5.69 Å². The number of carbonyl (C=O) groups is 2. The minimum atomic E-state index is -0.805.